The van der Waals surface area contributed by atoms with E-state index in [4.69, 9.17) is 4.84 Å². The van der Waals surface area contributed by atoms with Crippen LogP contribution in [-0.4, -0.2) is 29.2 Å². The lowest BCUT2D eigenvalue weighted by Gasteiger charge is -2.43. The number of hydrogen-bond donors (Lipinski definition) is 1. The van der Waals surface area contributed by atoms with E-state index in [2.05, 4.69) is 18.3 Å². The van der Waals surface area contributed by atoms with Crippen LogP contribution in [0.4, 0.5) is 0 Å². The number of hydrogen-bond acceptors (Lipinski definition) is 5. The van der Waals surface area contributed by atoms with Gasteiger partial charge in [0.2, 0.25) is 0 Å². The molecule has 1 amide bonds. The summed E-state index contributed by atoms with van der Waals surface area (Å²) >= 11 is 0. The Kier molecular flexibility index (Phi) is 7.84. The molecule has 2 aromatic rings. The van der Waals surface area contributed by atoms with E-state index in [9.17, 15) is 14.9 Å². The van der Waals surface area contributed by atoms with Crippen LogP contribution < -0.4 is 5.32 Å². The molecule has 0 fully saturated rings. The van der Waals surface area contributed by atoms with Crippen LogP contribution in [0.5, 0.6) is 0 Å². The monoisotopic (exact) mass is 443 g/mol. The van der Waals surface area contributed by atoms with Crippen molar-refractivity contribution >= 4 is 11.8 Å². The normalized spacial score (nSPS) is 17.9. The Hall–Kier alpha value is -3.65. The molecule has 0 bridgehead atoms. The molecule has 170 valence electrons. The molecule has 1 heterocycles. The molecule has 3 rings (SSSR count). The largest absolute Gasteiger partial charge is 0.360 e. The number of nitriles is 1. The topological polar surface area (TPSA) is 82.4 Å². The Morgan fingerprint density at radius 1 is 1.15 bits per heavy atom. The first-order valence-electron chi connectivity index (χ1n) is 11.3. The summed E-state index contributed by atoms with van der Waals surface area (Å²) in [4.78, 5) is 30.3. The Balaban J connectivity index is 1.96. The lowest BCUT2D eigenvalue weighted by Crippen LogP contribution is -2.61. The molecule has 1 N–H and O–H groups in total. The minimum atomic E-state index is -1.09. The second-order valence-corrected chi connectivity index (χ2v) is 8.14. The molecule has 6 heteroatoms. The third-order valence-corrected chi connectivity index (χ3v) is 5.70. The molecular weight excluding hydrogens is 414 g/mol. The van der Waals surface area contributed by atoms with Crippen LogP contribution in [0.2, 0.25) is 0 Å². The molecule has 2 aromatic carbocycles. The highest BCUT2D eigenvalue weighted by Crippen LogP contribution is 2.30. The average molecular weight is 444 g/mol. The maximum atomic E-state index is 13.5. The average Bonchev–Trinajstić information content (AvgIpc) is 2.83. The molecule has 0 saturated carbocycles. The number of allylic oxidation sites excluding steroid dienone is 1. The predicted molar refractivity (Wildman–Crippen MR) is 127 cm³/mol. The van der Waals surface area contributed by atoms with Crippen LogP contribution in [0.25, 0.3) is 11.1 Å². The van der Waals surface area contributed by atoms with E-state index >= 15 is 0 Å². The van der Waals surface area contributed by atoms with Crippen LogP contribution in [0, 0.1) is 11.3 Å². The molecule has 0 aliphatic carbocycles. The van der Waals surface area contributed by atoms with Gasteiger partial charge >= 0.3 is 0 Å². The van der Waals surface area contributed by atoms with Crippen molar-refractivity contribution in [1.29, 1.82) is 5.26 Å². The van der Waals surface area contributed by atoms with Crippen molar-refractivity contribution in [2.24, 2.45) is 0 Å². The van der Waals surface area contributed by atoms with Crippen molar-refractivity contribution in [1.82, 2.24) is 10.4 Å². The second kappa shape index (κ2) is 10.8. The summed E-state index contributed by atoms with van der Waals surface area (Å²) in [6.45, 7) is 5.92. The van der Waals surface area contributed by atoms with Crippen molar-refractivity contribution in [3.8, 4) is 17.2 Å². The zero-order valence-electron chi connectivity index (χ0n) is 19.4. The van der Waals surface area contributed by atoms with Crippen LogP contribution >= 0.6 is 0 Å². The van der Waals surface area contributed by atoms with Crippen LogP contribution in [0.15, 0.2) is 65.9 Å². The third-order valence-electron chi connectivity index (χ3n) is 5.70. The fourth-order valence-electron chi connectivity index (χ4n) is 4.01. The van der Waals surface area contributed by atoms with Gasteiger partial charge in [-0.2, -0.15) is 10.3 Å². The molecule has 0 radical (unpaired) electrons. The molecule has 6 nitrogen and oxygen atoms in total. The van der Waals surface area contributed by atoms with E-state index in [1.165, 1.54) is 11.1 Å². The predicted octanol–water partition coefficient (Wildman–Crippen LogP) is 4.70. The standard InChI is InChI=1S/C27H29N3O3/c1-4-6-11-25-24(26(32)30(33-5-2)27(3,29-25)16-17-31)18-20-12-14-21(15-13-20)23-10-8-7-9-22(23)19-28/h7-10,12-16,29H,4-6,11,18H2,1-3H3. The first-order valence-corrected chi connectivity index (χ1v) is 11.3. The van der Waals surface area contributed by atoms with Gasteiger partial charge in [-0.15, -0.1) is 0 Å². The van der Waals surface area contributed by atoms with Crippen LogP contribution in [0.1, 0.15) is 51.2 Å². The third kappa shape index (κ3) is 5.23. The number of hydroxylamine groups is 2. The van der Waals surface area contributed by atoms with Gasteiger partial charge in [0.15, 0.2) is 5.66 Å². The fourth-order valence-corrected chi connectivity index (χ4v) is 4.01. The summed E-state index contributed by atoms with van der Waals surface area (Å²) in [5.74, 6) is 1.55. The highest BCUT2D eigenvalue weighted by molar-refractivity contribution is 5.95. The number of nitrogens with zero attached hydrogens (tertiary/aromatic N) is 2. The molecule has 1 atom stereocenters. The van der Waals surface area contributed by atoms with Gasteiger partial charge in [-0.25, -0.2) is 4.79 Å². The smallest absolute Gasteiger partial charge is 0.278 e. The Labute approximate surface area is 195 Å². The maximum absolute atomic E-state index is 13.5. The molecule has 1 unspecified atom stereocenters. The van der Waals surface area contributed by atoms with Crippen molar-refractivity contribution in [3.05, 3.63) is 77.0 Å². The van der Waals surface area contributed by atoms with Crippen LogP contribution in [0.3, 0.4) is 0 Å². The number of rotatable bonds is 9. The van der Waals surface area contributed by atoms with Gasteiger partial charge in [0.05, 0.1) is 18.2 Å². The zero-order valence-corrected chi connectivity index (χ0v) is 19.4. The van der Waals surface area contributed by atoms with E-state index in [-0.39, 0.29) is 5.91 Å². The van der Waals surface area contributed by atoms with Crippen molar-refractivity contribution in [3.63, 3.8) is 0 Å². The zero-order chi connectivity index (χ0) is 23.8. The molecule has 0 saturated heterocycles. The number of unbranched alkanes of at least 4 members (excludes halogenated alkanes) is 1. The van der Waals surface area contributed by atoms with Gasteiger partial charge in [-0.1, -0.05) is 55.8 Å². The quantitative estimate of drug-likeness (QED) is 0.568. The number of carbonyl (C=O) groups excluding carboxylic acids is 2. The van der Waals surface area contributed by atoms with E-state index < -0.39 is 5.66 Å². The van der Waals surface area contributed by atoms with E-state index in [1.54, 1.807) is 25.9 Å². The molecular formula is C27H29N3O3. The summed E-state index contributed by atoms with van der Waals surface area (Å²) < 4.78 is 0. The number of carbonyl (C=O) groups is 1. The summed E-state index contributed by atoms with van der Waals surface area (Å²) in [5, 5.41) is 14.0. The number of amides is 1. The SMILES string of the molecule is CCCCC1=C(Cc2ccc(-c3ccccc3C#N)cc2)C(=O)N(OCC)C(C)(C=C=O)N1. The first-order chi connectivity index (χ1) is 16.0. The van der Waals surface area contributed by atoms with Gasteiger partial charge in [0, 0.05) is 23.8 Å². The van der Waals surface area contributed by atoms with Crippen LogP contribution in [-0.2, 0) is 20.8 Å². The Bertz CT molecular complexity index is 1120. The minimum absolute atomic E-state index is 0.255. The summed E-state index contributed by atoms with van der Waals surface area (Å²) in [6, 6.07) is 17.6. The van der Waals surface area contributed by atoms with Gasteiger partial charge in [0.25, 0.3) is 5.91 Å². The Morgan fingerprint density at radius 3 is 2.52 bits per heavy atom. The molecule has 1 aliphatic rings. The molecule has 1 aliphatic heterocycles. The van der Waals surface area contributed by atoms with Crippen molar-refractivity contribution in [2.75, 3.05) is 6.61 Å². The molecule has 0 spiro atoms. The lowest BCUT2D eigenvalue weighted by atomic mass is 9.93. The van der Waals surface area contributed by atoms with Gasteiger partial charge < -0.3 is 5.32 Å². The number of nitrogens with one attached hydrogen (secondary N) is 1. The highest BCUT2D eigenvalue weighted by Gasteiger charge is 2.42. The first kappa shape index (κ1) is 24.0. The van der Waals surface area contributed by atoms with Crippen molar-refractivity contribution < 1.29 is 14.4 Å². The van der Waals surface area contributed by atoms with Crippen molar-refractivity contribution in [2.45, 2.75) is 52.1 Å². The minimum Gasteiger partial charge on any atom is -0.360 e. The second-order valence-electron chi connectivity index (χ2n) is 8.14. The van der Waals surface area contributed by atoms with Gasteiger partial charge in [-0.05, 0) is 49.4 Å². The van der Waals surface area contributed by atoms with Gasteiger partial charge in [0.1, 0.15) is 5.94 Å². The highest BCUT2D eigenvalue weighted by atomic mass is 16.7. The van der Waals surface area contributed by atoms with E-state index in [0.29, 0.717) is 30.6 Å². The Morgan fingerprint density at radius 2 is 1.88 bits per heavy atom. The maximum Gasteiger partial charge on any atom is 0.278 e. The molecule has 0 aromatic heterocycles. The number of benzene rings is 2. The van der Waals surface area contributed by atoms with E-state index in [0.717, 1.165) is 35.2 Å². The molecule has 33 heavy (non-hydrogen) atoms. The summed E-state index contributed by atoms with van der Waals surface area (Å²) in [6.07, 6.45) is 4.31. The summed E-state index contributed by atoms with van der Waals surface area (Å²) in [5.41, 5.74) is 3.78. The van der Waals surface area contributed by atoms with Gasteiger partial charge in [-0.3, -0.25) is 9.63 Å². The lowest BCUT2D eigenvalue weighted by molar-refractivity contribution is -0.212. The summed E-state index contributed by atoms with van der Waals surface area (Å²) in [7, 11) is 0. The fraction of sp³-hybridized carbons (Fsp3) is 0.333. The van der Waals surface area contributed by atoms with E-state index in [1.807, 2.05) is 42.5 Å².